The molecule has 0 atom stereocenters. The van der Waals surface area contributed by atoms with Crippen molar-refractivity contribution in [1.82, 2.24) is 0 Å². The third kappa shape index (κ3) is 3.10. The molecule has 0 aromatic rings. The van der Waals surface area contributed by atoms with Crippen molar-refractivity contribution in [3.05, 3.63) is 0 Å². The van der Waals surface area contributed by atoms with E-state index in [0.717, 1.165) is 11.8 Å². The molecule has 0 saturated heterocycles. The molecule has 0 aromatic heterocycles. The molecule has 1 heteroatoms. The van der Waals surface area contributed by atoms with Crippen LogP contribution in [0.1, 0.15) is 20.3 Å². The first-order valence-corrected chi connectivity index (χ1v) is 3.74. The van der Waals surface area contributed by atoms with Gasteiger partial charge in [0.25, 0.3) is 0 Å². The van der Waals surface area contributed by atoms with Crippen LogP contribution in [-0.2, 0) is 0 Å². The largest absolute Gasteiger partial charge is 0.120 e. The summed E-state index contributed by atoms with van der Waals surface area (Å²) in [5.74, 6) is 2.63. The van der Waals surface area contributed by atoms with Gasteiger partial charge in [0.2, 0.25) is 0 Å². The van der Waals surface area contributed by atoms with Gasteiger partial charge in [-0.25, -0.2) is 0 Å². The number of rotatable bonds is 2. The smallest absolute Gasteiger partial charge is 0.0145 e. The lowest BCUT2D eigenvalue weighted by molar-refractivity contribution is 0.442. The van der Waals surface area contributed by atoms with Gasteiger partial charge in [0.15, 0.2) is 0 Å². The minimum atomic E-state index is 0.273. The molecular formula is C7H11Br. The second-order valence-corrected chi connectivity index (χ2v) is 3.24. The molecule has 0 spiro atoms. The Kier molecular flexibility index (Phi) is 3.16. The van der Waals surface area contributed by atoms with Gasteiger partial charge in [0.1, 0.15) is 0 Å². The molecule has 0 aromatic carbocycles. The van der Waals surface area contributed by atoms with Crippen LogP contribution < -0.4 is 0 Å². The van der Waals surface area contributed by atoms with E-state index in [-0.39, 0.29) is 5.41 Å². The lowest BCUT2D eigenvalue weighted by Crippen LogP contribution is -2.10. The fraction of sp³-hybridized carbons (Fsp3) is 0.714. The molecule has 0 amide bonds. The highest BCUT2D eigenvalue weighted by Crippen LogP contribution is 2.21. The summed E-state index contributed by atoms with van der Waals surface area (Å²) in [6.07, 6.45) is 5.96. The second-order valence-electron chi connectivity index (χ2n) is 2.68. The van der Waals surface area contributed by atoms with Crippen molar-refractivity contribution < 1.29 is 0 Å². The number of halogens is 1. The Labute approximate surface area is 59.8 Å². The summed E-state index contributed by atoms with van der Waals surface area (Å²) in [5.41, 5.74) is 0.273. The van der Waals surface area contributed by atoms with Crippen LogP contribution in [0.4, 0.5) is 0 Å². The molecular weight excluding hydrogens is 164 g/mol. The van der Waals surface area contributed by atoms with E-state index in [1.807, 2.05) is 0 Å². The van der Waals surface area contributed by atoms with Gasteiger partial charge in [0.05, 0.1) is 0 Å². The number of alkyl halides is 1. The maximum atomic E-state index is 5.12. The van der Waals surface area contributed by atoms with Crippen LogP contribution in [0.25, 0.3) is 0 Å². The van der Waals surface area contributed by atoms with Crippen LogP contribution in [0.2, 0.25) is 0 Å². The summed E-state index contributed by atoms with van der Waals surface area (Å²) in [7, 11) is 0. The number of hydrogen-bond donors (Lipinski definition) is 0. The minimum Gasteiger partial charge on any atom is -0.120 e. The Morgan fingerprint density at radius 3 is 2.25 bits per heavy atom. The Morgan fingerprint density at radius 1 is 1.62 bits per heavy atom. The van der Waals surface area contributed by atoms with Gasteiger partial charge in [-0.1, -0.05) is 29.8 Å². The summed E-state index contributed by atoms with van der Waals surface area (Å²) in [6, 6.07) is 0. The molecule has 0 heterocycles. The first kappa shape index (κ1) is 8.04. The lowest BCUT2D eigenvalue weighted by Gasteiger charge is -2.16. The van der Waals surface area contributed by atoms with Crippen molar-refractivity contribution >= 4 is 15.9 Å². The standard InChI is InChI=1S/C7H11Br/c1-4-5-7(2,3)6-8/h1H,5-6H2,2-3H3. The van der Waals surface area contributed by atoms with Crippen molar-refractivity contribution in [2.24, 2.45) is 5.41 Å². The first-order valence-electron chi connectivity index (χ1n) is 2.62. The van der Waals surface area contributed by atoms with Gasteiger partial charge in [-0.05, 0) is 5.41 Å². The molecule has 0 rings (SSSR count). The van der Waals surface area contributed by atoms with Crippen LogP contribution >= 0.6 is 15.9 Å². The average Bonchev–Trinajstić information content (AvgIpc) is 1.67. The SMILES string of the molecule is C#CCC(C)(C)CBr. The summed E-state index contributed by atoms with van der Waals surface area (Å²) in [6.45, 7) is 4.28. The maximum Gasteiger partial charge on any atom is 0.0145 e. The molecule has 0 aliphatic carbocycles. The van der Waals surface area contributed by atoms with Crippen molar-refractivity contribution in [3.8, 4) is 12.3 Å². The van der Waals surface area contributed by atoms with Crippen LogP contribution in [0.5, 0.6) is 0 Å². The topological polar surface area (TPSA) is 0 Å². The van der Waals surface area contributed by atoms with Crippen molar-refractivity contribution in [3.63, 3.8) is 0 Å². The van der Waals surface area contributed by atoms with E-state index >= 15 is 0 Å². The monoisotopic (exact) mass is 174 g/mol. The summed E-state index contributed by atoms with van der Waals surface area (Å²) < 4.78 is 0. The van der Waals surface area contributed by atoms with Crippen molar-refractivity contribution in [2.45, 2.75) is 20.3 Å². The predicted octanol–water partition coefficient (Wildman–Crippen LogP) is 2.43. The van der Waals surface area contributed by atoms with E-state index in [1.54, 1.807) is 0 Å². The van der Waals surface area contributed by atoms with Gasteiger partial charge in [0, 0.05) is 11.8 Å². The van der Waals surface area contributed by atoms with Gasteiger partial charge in [-0.15, -0.1) is 12.3 Å². The van der Waals surface area contributed by atoms with E-state index in [4.69, 9.17) is 6.42 Å². The molecule has 0 unspecified atom stereocenters. The summed E-state index contributed by atoms with van der Waals surface area (Å²) >= 11 is 3.38. The van der Waals surface area contributed by atoms with E-state index in [9.17, 15) is 0 Å². The molecule has 0 aliphatic heterocycles. The average molecular weight is 175 g/mol. The quantitative estimate of drug-likeness (QED) is 0.446. The molecule has 0 radical (unpaired) electrons. The van der Waals surface area contributed by atoms with Crippen molar-refractivity contribution in [1.29, 1.82) is 0 Å². The third-order valence-corrected chi connectivity index (χ3v) is 2.46. The highest BCUT2D eigenvalue weighted by Gasteiger charge is 2.12. The fourth-order valence-corrected chi connectivity index (χ4v) is 0.522. The van der Waals surface area contributed by atoms with Crippen molar-refractivity contribution in [2.75, 3.05) is 5.33 Å². The third-order valence-electron chi connectivity index (χ3n) is 0.942. The van der Waals surface area contributed by atoms with Gasteiger partial charge in [-0.2, -0.15) is 0 Å². The van der Waals surface area contributed by atoms with E-state index < -0.39 is 0 Å². The Hall–Kier alpha value is 0.0400. The van der Waals surface area contributed by atoms with E-state index in [1.165, 1.54) is 0 Å². The maximum absolute atomic E-state index is 5.12. The normalized spacial score (nSPS) is 10.8. The van der Waals surface area contributed by atoms with Gasteiger partial charge >= 0.3 is 0 Å². The van der Waals surface area contributed by atoms with E-state index in [2.05, 4.69) is 35.7 Å². The minimum absolute atomic E-state index is 0.273. The molecule has 0 aliphatic rings. The van der Waals surface area contributed by atoms with Crippen LogP contribution in [0, 0.1) is 17.8 Å². The zero-order valence-electron chi connectivity index (χ0n) is 5.37. The summed E-state index contributed by atoms with van der Waals surface area (Å²) in [4.78, 5) is 0. The van der Waals surface area contributed by atoms with Crippen LogP contribution in [0.3, 0.4) is 0 Å². The van der Waals surface area contributed by atoms with Crippen LogP contribution in [0.15, 0.2) is 0 Å². The Morgan fingerprint density at radius 2 is 2.12 bits per heavy atom. The van der Waals surface area contributed by atoms with Gasteiger partial charge in [-0.3, -0.25) is 0 Å². The molecule has 0 saturated carbocycles. The molecule has 46 valence electrons. The van der Waals surface area contributed by atoms with Crippen LogP contribution in [-0.4, -0.2) is 5.33 Å². The lowest BCUT2D eigenvalue weighted by atomic mass is 9.93. The molecule has 0 N–H and O–H groups in total. The zero-order chi connectivity index (χ0) is 6.62. The highest BCUT2D eigenvalue weighted by molar-refractivity contribution is 9.09. The Bertz CT molecular complexity index is 97.4. The molecule has 0 bridgehead atoms. The predicted molar refractivity (Wildman–Crippen MR) is 41.0 cm³/mol. The van der Waals surface area contributed by atoms with Gasteiger partial charge < -0.3 is 0 Å². The van der Waals surface area contributed by atoms with E-state index in [0.29, 0.717) is 0 Å². The second kappa shape index (κ2) is 3.14. The number of terminal acetylenes is 1. The Balaban J connectivity index is 3.58. The highest BCUT2D eigenvalue weighted by atomic mass is 79.9. The fourth-order valence-electron chi connectivity index (χ4n) is 0.324. The molecule has 0 nitrogen and oxygen atoms in total. The summed E-state index contributed by atoms with van der Waals surface area (Å²) in [5, 5.41) is 0.976. The number of hydrogen-bond acceptors (Lipinski definition) is 0. The first-order chi connectivity index (χ1) is 3.62. The zero-order valence-corrected chi connectivity index (χ0v) is 6.96. The molecule has 8 heavy (non-hydrogen) atoms. The molecule has 0 fully saturated rings.